The highest BCUT2D eigenvalue weighted by Crippen LogP contribution is 2.23. The van der Waals surface area contributed by atoms with Crippen molar-refractivity contribution in [2.75, 3.05) is 7.11 Å². The Morgan fingerprint density at radius 1 is 0.857 bits per heavy atom. The summed E-state index contributed by atoms with van der Waals surface area (Å²) >= 11 is 0. The summed E-state index contributed by atoms with van der Waals surface area (Å²) in [5.74, 6) is 2.19. The number of hydrogen-bond acceptors (Lipinski definition) is 3. The Morgan fingerprint density at radius 3 is 2.25 bits per heavy atom. The maximum atomic E-state index is 13.1. The smallest absolute Gasteiger partial charge is 0.254 e. The van der Waals surface area contributed by atoms with Crippen molar-refractivity contribution >= 4 is 5.91 Å². The van der Waals surface area contributed by atoms with Gasteiger partial charge in [-0.2, -0.15) is 0 Å². The molecule has 3 rings (SSSR count). The van der Waals surface area contributed by atoms with Crippen LogP contribution in [0.3, 0.4) is 0 Å². The average molecular weight is 375 g/mol. The molecular formula is C24H25NO3. The molecule has 0 heterocycles. The zero-order valence-corrected chi connectivity index (χ0v) is 16.5. The first kappa shape index (κ1) is 19.5. The van der Waals surface area contributed by atoms with E-state index in [0.717, 1.165) is 17.1 Å². The summed E-state index contributed by atoms with van der Waals surface area (Å²) in [4.78, 5) is 14.9. The third kappa shape index (κ3) is 4.92. The first-order valence-corrected chi connectivity index (χ1v) is 9.33. The van der Waals surface area contributed by atoms with Crippen LogP contribution in [-0.4, -0.2) is 24.0 Å². The molecule has 0 aliphatic heterocycles. The van der Waals surface area contributed by atoms with Gasteiger partial charge >= 0.3 is 0 Å². The number of methoxy groups -OCH3 is 1. The van der Waals surface area contributed by atoms with Crippen LogP contribution >= 0.6 is 0 Å². The quantitative estimate of drug-likeness (QED) is 0.544. The SMILES string of the molecule is COc1cccc(C(=O)N(Cc2cccc(Oc3ccccc3)c2)C(C)C)c1. The predicted octanol–water partition coefficient (Wildman–Crippen LogP) is 5.54. The zero-order valence-electron chi connectivity index (χ0n) is 16.5. The number of amides is 1. The lowest BCUT2D eigenvalue weighted by Crippen LogP contribution is -2.36. The zero-order chi connectivity index (χ0) is 19.9. The highest BCUT2D eigenvalue weighted by atomic mass is 16.5. The van der Waals surface area contributed by atoms with Gasteiger partial charge in [-0.3, -0.25) is 4.79 Å². The summed E-state index contributed by atoms with van der Waals surface area (Å²) in [6.45, 7) is 4.53. The first-order chi connectivity index (χ1) is 13.6. The van der Waals surface area contributed by atoms with Crippen molar-refractivity contribution < 1.29 is 14.3 Å². The Labute approximate surface area is 166 Å². The molecule has 0 aliphatic rings. The van der Waals surface area contributed by atoms with E-state index < -0.39 is 0 Å². The van der Waals surface area contributed by atoms with Crippen LogP contribution < -0.4 is 9.47 Å². The number of benzene rings is 3. The van der Waals surface area contributed by atoms with E-state index in [-0.39, 0.29) is 11.9 Å². The van der Waals surface area contributed by atoms with Crippen LogP contribution in [0.4, 0.5) is 0 Å². The van der Waals surface area contributed by atoms with Gasteiger partial charge in [0.2, 0.25) is 0 Å². The van der Waals surface area contributed by atoms with Gasteiger partial charge in [-0.25, -0.2) is 0 Å². The number of ether oxygens (including phenoxy) is 2. The topological polar surface area (TPSA) is 38.8 Å². The molecule has 3 aromatic rings. The molecule has 1 amide bonds. The largest absolute Gasteiger partial charge is 0.497 e. The fraction of sp³-hybridized carbons (Fsp3) is 0.208. The average Bonchev–Trinajstić information content (AvgIpc) is 2.72. The molecule has 0 saturated carbocycles. The summed E-state index contributed by atoms with van der Waals surface area (Å²) in [6, 6.07) is 24.8. The molecule has 0 spiro atoms. The van der Waals surface area contributed by atoms with E-state index in [1.54, 1.807) is 13.2 Å². The van der Waals surface area contributed by atoms with E-state index in [4.69, 9.17) is 9.47 Å². The Balaban J connectivity index is 1.78. The second-order valence-corrected chi connectivity index (χ2v) is 6.82. The standard InChI is InChI=1S/C24H25NO3/c1-18(2)25(24(26)20-10-8-13-22(16-20)27-3)17-19-9-7-14-23(15-19)28-21-11-5-4-6-12-21/h4-16,18H,17H2,1-3H3. The molecule has 0 fully saturated rings. The van der Waals surface area contributed by atoms with Crippen LogP contribution in [0.25, 0.3) is 0 Å². The lowest BCUT2D eigenvalue weighted by atomic mass is 10.1. The lowest BCUT2D eigenvalue weighted by molar-refractivity contribution is 0.0690. The number of carbonyl (C=O) groups excluding carboxylic acids is 1. The minimum atomic E-state index is -0.0247. The number of carbonyl (C=O) groups is 1. The van der Waals surface area contributed by atoms with E-state index in [1.165, 1.54) is 0 Å². The number of para-hydroxylation sites is 1. The molecule has 144 valence electrons. The Kier molecular flexibility index (Phi) is 6.33. The Morgan fingerprint density at radius 2 is 1.54 bits per heavy atom. The van der Waals surface area contributed by atoms with Gasteiger partial charge < -0.3 is 14.4 Å². The van der Waals surface area contributed by atoms with Crippen LogP contribution in [0.15, 0.2) is 78.9 Å². The molecule has 4 nitrogen and oxygen atoms in total. The van der Waals surface area contributed by atoms with Gasteiger partial charge in [0.25, 0.3) is 5.91 Å². The second-order valence-electron chi connectivity index (χ2n) is 6.82. The molecule has 0 saturated heterocycles. The monoisotopic (exact) mass is 375 g/mol. The summed E-state index contributed by atoms with van der Waals surface area (Å²) < 4.78 is 11.2. The van der Waals surface area contributed by atoms with Crippen molar-refractivity contribution in [3.8, 4) is 17.2 Å². The van der Waals surface area contributed by atoms with Gasteiger partial charge in [0.05, 0.1) is 7.11 Å². The molecule has 0 atom stereocenters. The van der Waals surface area contributed by atoms with Crippen molar-refractivity contribution in [2.45, 2.75) is 26.4 Å². The molecule has 4 heteroatoms. The third-order valence-electron chi connectivity index (χ3n) is 4.43. The van der Waals surface area contributed by atoms with Crippen molar-refractivity contribution in [2.24, 2.45) is 0 Å². The molecule has 0 N–H and O–H groups in total. The van der Waals surface area contributed by atoms with Crippen molar-refractivity contribution in [1.29, 1.82) is 0 Å². The summed E-state index contributed by atoms with van der Waals surface area (Å²) in [7, 11) is 1.60. The molecule has 0 aliphatic carbocycles. The van der Waals surface area contributed by atoms with E-state index in [2.05, 4.69) is 0 Å². The van der Waals surface area contributed by atoms with E-state index >= 15 is 0 Å². The second kappa shape index (κ2) is 9.09. The highest BCUT2D eigenvalue weighted by Gasteiger charge is 2.20. The minimum Gasteiger partial charge on any atom is -0.497 e. The molecule has 0 unspecified atom stereocenters. The lowest BCUT2D eigenvalue weighted by Gasteiger charge is -2.27. The van der Waals surface area contributed by atoms with Crippen LogP contribution in [-0.2, 0) is 6.54 Å². The van der Waals surface area contributed by atoms with Gasteiger partial charge in [0.15, 0.2) is 0 Å². The van der Waals surface area contributed by atoms with Gasteiger partial charge in [-0.15, -0.1) is 0 Å². The number of rotatable bonds is 7. The van der Waals surface area contributed by atoms with Crippen molar-refractivity contribution in [1.82, 2.24) is 4.90 Å². The minimum absolute atomic E-state index is 0.0247. The van der Waals surface area contributed by atoms with E-state index in [9.17, 15) is 4.79 Å². The highest BCUT2D eigenvalue weighted by molar-refractivity contribution is 5.94. The van der Waals surface area contributed by atoms with E-state index in [1.807, 2.05) is 91.5 Å². The molecular weight excluding hydrogens is 350 g/mol. The Hall–Kier alpha value is -3.27. The van der Waals surface area contributed by atoms with Gasteiger partial charge in [0.1, 0.15) is 17.2 Å². The maximum Gasteiger partial charge on any atom is 0.254 e. The fourth-order valence-corrected chi connectivity index (χ4v) is 2.94. The normalized spacial score (nSPS) is 10.6. The predicted molar refractivity (Wildman–Crippen MR) is 111 cm³/mol. The summed E-state index contributed by atoms with van der Waals surface area (Å²) in [5, 5.41) is 0. The number of hydrogen-bond donors (Lipinski definition) is 0. The molecule has 0 aromatic heterocycles. The van der Waals surface area contributed by atoms with Crippen molar-refractivity contribution in [3.63, 3.8) is 0 Å². The molecule has 28 heavy (non-hydrogen) atoms. The van der Waals surface area contributed by atoms with Gasteiger partial charge in [0, 0.05) is 18.2 Å². The van der Waals surface area contributed by atoms with Crippen LogP contribution in [0.1, 0.15) is 29.8 Å². The molecule has 0 bridgehead atoms. The summed E-state index contributed by atoms with van der Waals surface area (Å²) in [6.07, 6.45) is 0. The van der Waals surface area contributed by atoms with Gasteiger partial charge in [-0.05, 0) is 61.9 Å². The fourth-order valence-electron chi connectivity index (χ4n) is 2.94. The van der Waals surface area contributed by atoms with E-state index in [0.29, 0.717) is 17.9 Å². The van der Waals surface area contributed by atoms with Crippen LogP contribution in [0.2, 0.25) is 0 Å². The summed E-state index contributed by atoms with van der Waals surface area (Å²) in [5.41, 5.74) is 1.63. The first-order valence-electron chi connectivity index (χ1n) is 9.33. The van der Waals surface area contributed by atoms with Crippen molar-refractivity contribution in [3.05, 3.63) is 90.0 Å². The van der Waals surface area contributed by atoms with Crippen LogP contribution in [0.5, 0.6) is 17.2 Å². The molecule has 3 aromatic carbocycles. The molecule has 0 radical (unpaired) electrons. The third-order valence-corrected chi connectivity index (χ3v) is 4.43. The maximum absolute atomic E-state index is 13.1. The Bertz CT molecular complexity index is 922. The number of nitrogens with zero attached hydrogens (tertiary/aromatic N) is 1. The van der Waals surface area contributed by atoms with Gasteiger partial charge in [-0.1, -0.05) is 36.4 Å². The van der Waals surface area contributed by atoms with Crippen LogP contribution in [0, 0.1) is 0 Å².